The van der Waals surface area contributed by atoms with Gasteiger partial charge in [0, 0.05) is 17.4 Å². The summed E-state index contributed by atoms with van der Waals surface area (Å²) in [6, 6.07) is 27.0. The van der Waals surface area contributed by atoms with Crippen LogP contribution in [0.25, 0.3) is 0 Å². The molecule has 0 radical (unpaired) electrons. The Morgan fingerprint density at radius 1 is 0.354 bits per heavy atom. The molecule has 25 fully saturated rings. The van der Waals surface area contributed by atoms with E-state index in [0.717, 1.165) is 46.3 Å². The lowest BCUT2D eigenvalue weighted by Crippen LogP contribution is -2.62. The van der Waals surface area contributed by atoms with E-state index in [2.05, 4.69) is 0 Å². The molecule has 18 saturated heterocycles. The highest BCUT2D eigenvalue weighted by molar-refractivity contribution is 7.50. The minimum Gasteiger partial charge on any atom is -0.497 e. The van der Waals surface area contributed by atoms with Gasteiger partial charge in [-0.15, -0.1) is 0 Å². The molecule has 18 bridgehead atoms. The molecule has 3 aromatic carbocycles. The molecule has 27 nitrogen and oxygen atoms in total. The van der Waals surface area contributed by atoms with Gasteiger partial charge in [0.2, 0.25) is 0 Å². The summed E-state index contributed by atoms with van der Waals surface area (Å²) in [5.74, 6) is 5.19. The van der Waals surface area contributed by atoms with Crippen LogP contribution in [0.5, 0.6) is 11.5 Å². The Kier molecular flexibility index (Phi) is 19.2. The predicted molar refractivity (Wildman–Crippen MR) is 339 cm³/mol. The highest BCUT2D eigenvalue weighted by atomic mass is 31.2. The minimum absolute atomic E-state index is 0.0187. The van der Waals surface area contributed by atoms with Gasteiger partial charge in [-0.05, 0) is 154 Å². The molecule has 33 heteroatoms. The number of methoxy groups -OCH3 is 1. The second kappa shape index (κ2) is 26.5. The van der Waals surface area contributed by atoms with Crippen molar-refractivity contribution < 1.29 is 123 Å². The first kappa shape index (κ1) is 69.6. The third-order valence-electron chi connectivity index (χ3n) is 22.9. The second-order valence-corrected chi connectivity index (χ2v) is 39.0. The Hall–Kier alpha value is -2.12. The van der Waals surface area contributed by atoms with Gasteiger partial charge in [-0.3, -0.25) is 81.4 Å². The van der Waals surface area contributed by atoms with Crippen LogP contribution in [0.15, 0.2) is 84.9 Å². The van der Waals surface area contributed by atoms with Gasteiger partial charge in [-0.25, -0.2) is 27.4 Å². The van der Waals surface area contributed by atoms with Crippen molar-refractivity contribution in [1.29, 1.82) is 0 Å². The molecule has 18 heterocycles. The number of benzene rings is 3. The van der Waals surface area contributed by atoms with Crippen molar-refractivity contribution in [1.82, 2.24) is 0 Å². The molecule has 530 valence electrons. The number of hydrogen-bond donors (Lipinski definition) is 0. The van der Waals surface area contributed by atoms with E-state index in [-0.39, 0.29) is 41.5 Å². The summed E-state index contributed by atoms with van der Waals surface area (Å²) < 4.78 is 179. The van der Waals surface area contributed by atoms with Gasteiger partial charge in [-0.2, -0.15) is 0 Å². The molecule has 7 saturated carbocycles. The van der Waals surface area contributed by atoms with E-state index in [1.807, 2.05) is 91.9 Å². The molecule has 28 rings (SSSR count). The van der Waals surface area contributed by atoms with Crippen LogP contribution >= 0.6 is 46.9 Å². The molecule has 25 aliphatic rings. The third-order valence-corrected chi connectivity index (χ3v) is 30.9. The maximum atomic E-state index is 11.9. The van der Waals surface area contributed by atoms with Gasteiger partial charge >= 0.3 is 46.9 Å². The molecular weight excluding hydrogens is 1370 g/mol. The second-order valence-electron chi connectivity index (χ2n) is 29.0. The molecule has 3 aromatic rings. The molecule has 7 aliphatic carbocycles. The molecule has 0 atom stereocenters. The highest BCUT2D eigenvalue weighted by Crippen LogP contribution is 2.73. The monoisotopic (exact) mass is 1460 g/mol. The highest BCUT2D eigenvalue weighted by Gasteiger charge is 2.67. The van der Waals surface area contributed by atoms with Gasteiger partial charge in [0.25, 0.3) is 0 Å². The van der Waals surface area contributed by atoms with Crippen LogP contribution in [-0.4, -0.2) is 144 Å². The fraction of sp³-hybridized carbons (Fsp3) is 0.714. The molecule has 0 N–H and O–H groups in total. The zero-order valence-corrected chi connectivity index (χ0v) is 59.4. The van der Waals surface area contributed by atoms with Gasteiger partial charge in [-0.1, -0.05) is 60.7 Å². The quantitative estimate of drug-likeness (QED) is 0.180. The van der Waals surface area contributed by atoms with E-state index in [0.29, 0.717) is 117 Å². The predicted octanol–water partition coefficient (Wildman–Crippen LogP) is 13.7. The Morgan fingerprint density at radius 2 is 0.677 bits per heavy atom. The van der Waals surface area contributed by atoms with Crippen molar-refractivity contribution in [3.63, 3.8) is 0 Å². The van der Waals surface area contributed by atoms with Crippen molar-refractivity contribution in [2.75, 3.05) is 133 Å². The van der Waals surface area contributed by atoms with E-state index in [4.69, 9.17) is 95.6 Å². The van der Waals surface area contributed by atoms with Crippen LogP contribution in [0.1, 0.15) is 95.1 Å². The zero-order chi connectivity index (χ0) is 66.3. The summed E-state index contributed by atoms with van der Waals surface area (Å²) in [5.41, 5.74) is 0.891. The molecule has 0 aromatic heterocycles. The van der Waals surface area contributed by atoms with Gasteiger partial charge < -0.3 is 14.2 Å². The van der Waals surface area contributed by atoms with Crippen molar-refractivity contribution in [2.24, 2.45) is 45.3 Å². The van der Waals surface area contributed by atoms with E-state index in [1.165, 1.54) is 77.0 Å². The fourth-order valence-corrected chi connectivity index (χ4v) is 25.8. The number of rotatable bonds is 9. The summed E-state index contributed by atoms with van der Waals surface area (Å²) in [6.07, 6.45) is 16.1. The standard InChI is InChI=1S/C14H21O4P.C12H19O4P.C11H13O5P.C10H11O5P.C10H11O4P.C6H11O5P/c15-19-16-7-14(8-17-19,9-18-19)13-4-10-1-11(5-13)3-12(2-10)6-13;13-17-14-7-12(8-15-17,9-16-17)11-4-1-10(2-5-11)3-6-11;1-13-10-4-2-3-9(5-10)11-6-14-17(12,15-7-11)16-8-11;11-16-12-6-10(7-13-16,8-14-16)15-9-4-2-1-3-5-9;11-15-12-6-10(7-13-15,8-14-15)9-4-2-1-3-5-9;1-2-8-6-3-9-12(7,10-4-6)11-5-6/h10-12H,1-9H2;10H,1-9H2;2-5H,6-8H2,1H3;1-5H,6-8H2;1-5H,6-8H2;2-5H2,1H3. The van der Waals surface area contributed by atoms with E-state index in [9.17, 15) is 27.4 Å². The number of phosphoric acid groups is 6. The summed E-state index contributed by atoms with van der Waals surface area (Å²) in [6.45, 7) is 9.90. The maximum Gasteiger partial charge on any atom is 0.475 e. The van der Waals surface area contributed by atoms with Crippen LogP contribution in [0, 0.1) is 45.3 Å². The number of hydrogen-bond acceptors (Lipinski definition) is 27. The summed E-state index contributed by atoms with van der Waals surface area (Å²) in [4.78, 5) is 0. The van der Waals surface area contributed by atoms with Crippen molar-refractivity contribution in [2.45, 2.75) is 106 Å². The Morgan fingerprint density at radius 3 is 1.06 bits per heavy atom. The van der Waals surface area contributed by atoms with E-state index in [1.54, 1.807) is 7.11 Å². The first-order chi connectivity index (χ1) is 46.0. The molecule has 0 spiro atoms. The SMILES string of the molecule is CCOC12COP(=O)(OC1)OC2.COc1cccc(C23COP(=O)(OC2)OC3)c1.O=P12OCC(C34CC5CC(CC(C5)C3)C4)(CO1)CO2.O=P12OCC(C34CCC(CC3)CC4)(CO1)CO2.O=P12OCC(Oc3ccccc3)(CO1)CO2.O=P12OCC(c3ccccc3)(CO1)CO2. The average Bonchev–Trinajstić information content (AvgIpc) is 0.722. The Bertz CT molecular complexity index is 3370. The van der Waals surface area contributed by atoms with Crippen molar-refractivity contribution in [3.05, 3.63) is 96.1 Å². The number of para-hydroxylation sites is 1. The molecule has 0 unspecified atom stereocenters. The average molecular weight is 1460 g/mol. The maximum absolute atomic E-state index is 11.9. The smallest absolute Gasteiger partial charge is 0.475 e. The van der Waals surface area contributed by atoms with Gasteiger partial charge in [0.15, 0.2) is 5.60 Å². The zero-order valence-electron chi connectivity index (χ0n) is 54.0. The Labute approximate surface area is 559 Å². The molecule has 18 aliphatic heterocycles. The topological polar surface area (TPSA) is 296 Å². The Balaban J connectivity index is 0.0000000950. The van der Waals surface area contributed by atoms with Crippen molar-refractivity contribution >= 4 is 46.9 Å². The molecule has 96 heavy (non-hydrogen) atoms. The first-order valence-electron chi connectivity index (χ1n) is 33.3. The van der Waals surface area contributed by atoms with E-state index >= 15 is 0 Å². The van der Waals surface area contributed by atoms with Crippen LogP contribution < -0.4 is 9.47 Å². The molecule has 0 amide bonds. The van der Waals surface area contributed by atoms with Gasteiger partial charge in [0.1, 0.15) is 36.9 Å². The third kappa shape index (κ3) is 13.6. The lowest BCUT2D eigenvalue weighted by molar-refractivity contribution is -0.212. The largest absolute Gasteiger partial charge is 0.497 e. The summed E-state index contributed by atoms with van der Waals surface area (Å²) in [7, 11) is -17.6. The minimum atomic E-state index is -3.26. The van der Waals surface area contributed by atoms with Crippen LogP contribution in [0.3, 0.4) is 0 Å². The van der Waals surface area contributed by atoms with Crippen LogP contribution in [0.2, 0.25) is 0 Å². The molecular formula is C63H86O27P6. The number of fused-ring (bicyclic) bond motifs is 21. The van der Waals surface area contributed by atoms with E-state index < -0.39 is 58.1 Å². The fourth-order valence-electron chi connectivity index (χ4n) is 17.3. The number of phosphoric ester groups is 6. The van der Waals surface area contributed by atoms with Gasteiger partial charge in [0.05, 0.1) is 117 Å². The number of ether oxygens (including phenoxy) is 3. The lowest BCUT2D eigenvalue weighted by atomic mass is 9.43. The van der Waals surface area contributed by atoms with Crippen LogP contribution in [-0.2, 0) is 124 Å². The van der Waals surface area contributed by atoms with Crippen molar-refractivity contribution in [3.8, 4) is 11.5 Å². The summed E-state index contributed by atoms with van der Waals surface area (Å²) >= 11 is 0. The lowest BCUT2D eigenvalue weighted by Gasteiger charge is -2.65. The van der Waals surface area contributed by atoms with Crippen LogP contribution in [0.4, 0.5) is 0 Å². The normalized spacial score (nSPS) is 47.0. The first-order valence-corrected chi connectivity index (χ1v) is 42.1. The summed E-state index contributed by atoms with van der Waals surface area (Å²) in [5, 5.41) is 0.